The largest absolute Gasteiger partial charge is 0.393 e. The Labute approximate surface area is 105 Å². The summed E-state index contributed by atoms with van der Waals surface area (Å²) in [5, 5.41) is 18.5. The van der Waals surface area contributed by atoms with E-state index in [-0.39, 0.29) is 23.8 Å². The molecule has 0 bridgehead atoms. The quantitative estimate of drug-likeness (QED) is 0.847. The van der Waals surface area contributed by atoms with Crippen molar-refractivity contribution < 1.29 is 19.0 Å². The lowest BCUT2D eigenvalue weighted by molar-refractivity contribution is 0.0966. The molecule has 0 saturated carbocycles. The van der Waals surface area contributed by atoms with Gasteiger partial charge in [-0.1, -0.05) is 6.92 Å². The van der Waals surface area contributed by atoms with Crippen LogP contribution in [0.15, 0.2) is 12.1 Å². The fourth-order valence-corrected chi connectivity index (χ4v) is 2.35. The van der Waals surface area contributed by atoms with Crippen molar-refractivity contribution >= 4 is 5.69 Å². The summed E-state index contributed by atoms with van der Waals surface area (Å²) in [6, 6.07) is 2.29. The molecule has 1 aromatic carbocycles. The molecule has 2 atom stereocenters. The van der Waals surface area contributed by atoms with Gasteiger partial charge in [-0.25, -0.2) is 8.78 Å². The van der Waals surface area contributed by atoms with Gasteiger partial charge in [0.25, 0.3) is 0 Å². The predicted octanol–water partition coefficient (Wildman–Crippen LogP) is 1.66. The highest BCUT2D eigenvalue weighted by atomic mass is 19.1. The number of hydrogen-bond donors (Lipinski definition) is 2. The van der Waals surface area contributed by atoms with Gasteiger partial charge in [-0.2, -0.15) is 0 Å². The molecule has 1 aromatic rings. The number of nitrogens with zero attached hydrogens (tertiary/aromatic N) is 1. The zero-order chi connectivity index (χ0) is 13.3. The second kappa shape index (κ2) is 5.20. The summed E-state index contributed by atoms with van der Waals surface area (Å²) in [6.45, 7) is 2.32. The predicted molar refractivity (Wildman–Crippen MR) is 64.3 cm³/mol. The molecule has 5 heteroatoms. The van der Waals surface area contributed by atoms with Gasteiger partial charge < -0.3 is 15.1 Å². The standard InChI is InChI=1S/C13H17F2NO2/c1-8-6-16(3-2-12(8)18)13-10(14)4-9(7-17)5-11(13)15/h4-5,8,12,17-18H,2-3,6-7H2,1H3. The van der Waals surface area contributed by atoms with E-state index in [0.29, 0.717) is 19.5 Å². The Bertz CT molecular complexity index is 416. The van der Waals surface area contributed by atoms with E-state index in [2.05, 4.69) is 0 Å². The molecule has 0 aliphatic carbocycles. The van der Waals surface area contributed by atoms with Gasteiger partial charge in [0.2, 0.25) is 0 Å². The lowest BCUT2D eigenvalue weighted by Gasteiger charge is -2.36. The number of aliphatic hydroxyl groups excluding tert-OH is 2. The molecule has 2 N–H and O–H groups in total. The van der Waals surface area contributed by atoms with Gasteiger partial charge in [0.05, 0.1) is 12.7 Å². The molecule has 0 radical (unpaired) electrons. The first-order valence-corrected chi connectivity index (χ1v) is 6.04. The van der Waals surface area contributed by atoms with Crippen LogP contribution in [-0.2, 0) is 6.61 Å². The lowest BCUT2D eigenvalue weighted by atomic mass is 9.96. The van der Waals surface area contributed by atoms with E-state index in [0.717, 1.165) is 12.1 Å². The van der Waals surface area contributed by atoms with E-state index in [4.69, 9.17) is 5.11 Å². The van der Waals surface area contributed by atoms with Crippen molar-refractivity contribution in [2.75, 3.05) is 18.0 Å². The number of aliphatic hydroxyl groups is 2. The Balaban J connectivity index is 2.28. The van der Waals surface area contributed by atoms with E-state index in [1.807, 2.05) is 6.92 Å². The van der Waals surface area contributed by atoms with Crippen LogP contribution in [0.1, 0.15) is 18.9 Å². The van der Waals surface area contributed by atoms with E-state index < -0.39 is 17.7 Å². The van der Waals surface area contributed by atoms with Gasteiger partial charge in [-0.05, 0) is 30.0 Å². The summed E-state index contributed by atoms with van der Waals surface area (Å²) in [7, 11) is 0. The number of hydrogen-bond acceptors (Lipinski definition) is 3. The summed E-state index contributed by atoms with van der Waals surface area (Å²) in [5.41, 5.74) is 0.157. The monoisotopic (exact) mass is 257 g/mol. The molecule has 0 amide bonds. The van der Waals surface area contributed by atoms with E-state index >= 15 is 0 Å². The molecule has 1 saturated heterocycles. The summed E-state index contributed by atoms with van der Waals surface area (Å²) >= 11 is 0. The second-order valence-corrected chi connectivity index (χ2v) is 4.85. The molecule has 18 heavy (non-hydrogen) atoms. The Morgan fingerprint density at radius 1 is 1.33 bits per heavy atom. The number of piperidine rings is 1. The second-order valence-electron chi connectivity index (χ2n) is 4.85. The zero-order valence-corrected chi connectivity index (χ0v) is 10.2. The fourth-order valence-electron chi connectivity index (χ4n) is 2.35. The third-order valence-corrected chi connectivity index (χ3v) is 3.44. The van der Waals surface area contributed by atoms with Gasteiger partial charge in [-0.3, -0.25) is 0 Å². The number of anilines is 1. The molecule has 1 fully saturated rings. The van der Waals surface area contributed by atoms with Crippen LogP contribution in [0.2, 0.25) is 0 Å². The topological polar surface area (TPSA) is 43.7 Å². The summed E-state index contributed by atoms with van der Waals surface area (Å²) in [4.78, 5) is 1.61. The highest BCUT2D eigenvalue weighted by molar-refractivity contribution is 5.51. The van der Waals surface area contributed by atoms with Crippen molar-refractivity contribution in [2.45, 2.75) is 26.1 Å². The third kappa shape index (κ3) is 2.47. The SMILES string of the molecule is CC1CN(c2c(F)cc(CO)cc2F)CCC1O. The van der Waals surface area contributed by atoms with Crippen LogP contribution in [0.5, 0.6) is 0 Å². The van der Waals surface area contributed by atoms with Crippen LogP contribution in [-0.4, -0.2) is 29.4 Å². The third-order valence-electron chi connectivity index (χ3n) is 3.44. The van der Waals surface area contributed by atoms with Crippen molar-refractivity contribution in [3.05, 3.63) is 29.3 Å². The normalized spacial score (nSPS) is 24.4. The van der Waals surface area contributed by atoms with Gasteiger partial charge >= 0.3 is 0 Å². The summed E-state index contributed by atoms with van der Waals surface area (Å²) in [6.07, 6.45) is 0.0889. The molecular formula is C13H17F2NO2. The molecule has 1 aliphatic heterocycles. The van der Waals surface area contributed by atoms with Crippen LogP contribution in [0.3, 0.4) is 0 Å². The smallest absolute Gasteiger partial charge is 0.149 e. The van der Waals surface area contributed by atoms with Crippen LogP contribution in [0.4, 0.5) is 14.5 Å². The maximum Gasteiger partial charge on any atom is 0.149 e. The first-order valence-electron chi connectivity index (χ1n) is 6.04. The van der Waals surface area contributed by atoms with Crippen molar-refractivity contribution in [3.8, 4) is 0 Å². The summed E-state index contributed by atoms with van der Waals surface area (Å²) < 4.78 is 27.7. The molecule has 1 heterocycles. The van der Waals surface area contributed by atoms with E-state index in [1.165, 1.54) is 0 Å². The van der Waals surface area contributed by atoms with E-state index in [9.17, 15) is 13.9 Å². The van der Waals surface area contributed by atoms with Gasteiger partial charge in [-0.15, -0.1) is 0 Å². The van der Waals surface area contributed by atoms with E-state index in [1.54, 1.807) is 4.90 Å². The van der Waals surface area contributed by atoms with Gasteiger partial charge in [0.1, 0.15) is 17.3 Å². The van der Waals surface area contributed by atoms with Crippen LogP contribution in [0.25, 0.3) is 0 Å². The van der Waals surface area contributed by atoms with Crippen LogP contribution in [0, 0.1) is 17.6 Å². The molecule has 0 spiro atoms. The minimum Gasteiger partial charge on any atom is -0.393 e. The number of halogens is 2. The van der Waals surface area contributed by atoms with Crippen LogP contribution < -0.4 is 4.90 Å². The highest BCUT2D eigenvalue weighted by Gasteiger charge is 2.27. The van der Waals surface area contributed by atoms with Gasteiger partial charge in [0.15, 0.2) is 0 Å². The molecule has 100 valence electrons. The minimum absolute atomic E-state index is 0.0185. The Morgan fingerprint density at radius 2 is 1.94 bits per heavy atom. The van der Waals surface area contributed by atoms with Crippen molar-refractivity contribution in [1.82, 2.24) is 0 Å². The first-order chi connectivity index (χ1) is 8.52. The lowest BCUT2D eigenvalue weighted by Crippen LogP contribution is -2.42. The average Bonchev–Trinajstić information content (AvgIpc) is 2.32. The minimum atomic E-state index is -0.664. The number of rotatable bonds is 2. The number of benzene rings is 1. The molecule has 0 aromatic heterocycles. The highest BCUT2D eigenvalue weighted by Crippen LogP contribution is 2.29. The maximum atomic E-state index is 13.9. The van der Waals surface area contributed by atoms with Crippen molar-refractivity contribution in [2.24, 2.45) is 5.92 Å². The van der Waals surface area contributed by atoms with Crippen molar-refractivity contribution in [3.63, 3.8) is 0 Å². The van der Waals surface area contributed by atoms with Crippen LogP contribution >= 0.6 is 0 Å². The Morgan fingerprint density at radius 3 is 2.44 bits per heavy atom. The molecule has 1 aliphatic rings. The molecular weight excluding hydrogens is 240 g/mol. The molecule has 2 unspecified atom stereocenters. The maximum absolute atomic E-state index is 13.9. The summed E-state index contributed by atoms with van der Waals surface area (Å²) in [5.74, 6) is -1.35. The molecule has 3 nitrogen and oxygen atoms in total. The average molecular weight is 257 g/mol. The van der Waals surface area contributed by atoms with Crippen molar-refractivity contribution in [1.29, 1.82) is 0 Å². The first kappa shape index (κ1) is 13.2. The zero-order valence-electron chi connectivity index (χ0n) is 10.2. The van der Waals surface area contributed by atoms with Gasteiger partial charge in [0, 0.05) is 13.1 Å². The Hall–Kier alpha value is -1.20. The Kier molecular flexibility index (Phi) is 3.82. The molecule has 2 rings (SSSR count). The fraction of sp³-hybridized carbons (Fsp3) is 0.538.